The predicted octanol–water partition coefficient (Wildman–Crippen LogP) is 3.00. The summed E-state index contributed by atoms with van der Waals surface area (Å²) in [5.41, 5.74) is 2.61. The third kappa shape index (κ3) is 3.68. The smallest absolute Gasteiger partial charge is 0.132 e. The SMILES string of the molecule is CCc1ccc(CNc2cc(NC)nc(C)n2)cc1. The third-order valence-electron chi connectivity index (χ3n) is 3.00. The molecule has 0 radical (unpaired) electrons. The number of aryl methyl sites for hydroxylation is 2. The molecular weight excluding hydrogens is 236 g/mol. The molecule has 0 fully saturated rings. The molecule has 0 bridgehead atoms. The molecule has 0 amide bonds. The van der Waals surface area contributed by atoms with E-state index in [-0.39, 0.29) is 0 Å². The zero-order valence-corrected chi connectivity index (χ0v) is 11.7. The van der Waals surface area contributed by atoms with Gasteiger partial charge in [0, 0.05) is 19.7 Å². The van der Waals surface area contributed by atoms with Crippen LogP contribution in [-0.4, -0.2) is 17.0 Å². The van der Waals surface area contributed by atoms with E-state index in [0.29, 0.717) is 0 Å². The van der Waals surface area contributed by atoms with E-state index in [9.17, 15) is 0 Å². The summed E-state index contributed by atoms with van der Waals surface area (Å²) < 4.78 is 0. The standard InChI is InChI=1S/C15H20N4/c1-4-12-5-7-13(8-6-12)10-17-15-9-14(16-3)18-11(2)19-15/h5-9H,4,10H2,1-3H3,(H2,16,17,18,19). The van der Waals surface area contributed by atoms with Gasteiger partial charge in [-0.25, -0.2) is 9.97 Å². The highest BCUT2D eigenvalue weighted by Crippen LogP contribution is 2.12. The van der Waals surface area contributed by atoms with Gasteiger partial charge in [0.2, 0.25) is 0 Å². The van der Waals surface area contributed by atoms with Crippen molar-refractivity contribution in [1.29, 1.82) is 0 Å². The van der Waals surface area contributed by atoms with Crippen LogP contribution >= 0.6 is 0 Å². The second-order valence-corrected chi connectivity index (χ2v) is 4.46. The second kappa shape index (κ2) is 6.18. The van der Waals surface area contributed by atoms with Gasteiger partial charge in [-0.3, -0.25) is 0 Å². The van der Waals surface area contributed by atoms with Crippen molar-refractivity contribution in [2.75, 3.05) is 17.7 Å². The molecule has 4 nitrogen and oxygen atoms in total. The van der Waals surface area contributed by atoms with Gasteiger partial charge in [0.05, 0.1) is 0 Å². The van der Waals surface area contributed by atoms with Gasteiger partial charge in [-0.15, -0.1) is 0 Å². The van der Waals surface area contributed by atoms with Gasteiger partial charge in [0.25, 0.3) is 0 Å². The Morgan fingerprint density at radius 1 is 1.00 bits per heavy atom. The van der Waals surface area contributed by atoms with E-state index in [4.69, 9.17) is 0 Å². The maximum absolute atomic E-state index is 4.37. The Balaban J connectivity index is 2.03. The molecule has 2 rings (SSSR count). The largest absolute Gasteiger partial charge is 0.373 e. The average Bonchev–Trinajstić information content (AvgIpc) is 2.45. The Hall–Kier alpha value is -2.10. The van der Waals surface area contributed by atoms with Crippen molar-refractivity contribution in [3.8, 4) is 0 Å². The number of rotatable bonds is 5. The monoisotopic (exact) mass is 256 g/mol. The van der Waals surface area contributed by atoms with E-state index in [1.807, 2.05) is 20.0 Å². The molecule has 0 atom stereocenters. The first-order valence-electron chi connectivity index (χ1n) is 6.56. The van der Waals surface area contributed by atoms with Crippen LogP contribution in [0.5, 0.6) is 0 Å². The molecule has 19 heavy (non-hydrogen) atoms. The van der Waals surface area contributed by atoms with Crippen LogP contribution in [0.4, 0.5) is 11.6 Å². The Kier molecular flexibility index (Phi) is 4.34. The van der Waals surface area contributed by atoms with Gasteiger partial charge < -0.3 is 10.6 Å². The minimum Gasteiger partial charge on any atom is -0.373 e. The highest BCUT2D eigenvalue weighted by molar-refractivity contribution is 5.47. The summed E-state index contributed by atoms with van der Waals surface area (Å²) in [6, 6.07) is 10.5. The van der Waals surface area contributed by atoms with Crippen molar-refractivity contribution < 1.29 is 0 Å². The number of benzene rings is 1. The molecular formula is C15H20N4. The molecule has 1 aromatic heterocycles. The molecule has 4 heteroatoms. The van der Waals surface area contributed by atoms with Crippen molar-refractivity contribution in [3.63, 3.8) is 0 Å². The molecule has 0 aliphatic carbocycles. The van der Waals surface area contributed by atoms with Crippen LogP contribution in [0.3, 0.4) is 0 Å². The van der Waals surface area contributed by atoms with Crippen molar-refractivity contribution >= 4 is 11.6 Å². The fourth-order valence-corrected chi connectivity index (χ4v) is 1.87. The lowest BCUT2D eigenvalue weighted by Gasteiger charge is -2.09. The van der Waals surface area contributed by atoms with Crippen molar-refractivity contribution in [3.05, 3.63) is 47.3 Å². The minimum atomic E-state index is 0.760. The zero-order chi connectivity index (χ0) is 13.7. The van der Waals surface area contributed by atoms with E-state index in [0.717, 1.165) is 30.4 Å². The van der Waals surface area contributed by atoms with Crippen LogP contribution in [0.25, 0.3) is 0 Å². The van der Waals surface area contributed by atoms with Gasteiger partial charge in [-0.1, -0.05) is 31.2 Å². The number of hydrogen-bond acceptors (Lipinski definition) is 4. The quantitative estimate of drug-likeness (QED) is 0.863. The average molecular weight is 256 g/mol. The lowest BCUT2D eigenvalue weighted by atomic mass is 10.1. The summed E-state index contributed by atoms with van der Waals surface area (Å²) in [5.74, 6) is 2.43. The van der Waals surface area contributed by atoms with E-state index >= 15 is 0 Å². The molecule has 100 valence electrons. The number of aromatic nitrogens is 2. The molecule has 2 N–H and O–H groups in total. The van der Waals surface area contributed by atoms with Crippen LogP contribution in [0, 0.1) is 6.92 Å². The first-order valence-corrected chi connectivity index (χ1v) is 6.56. The third-order valence-corrected chi connectivity index (χ3v) is 3.00. The Morgan fingerprint density at radius 2 is 1.63 bits per heavy atom. The highest BCUT2D eigenvalue weighted by Gasteiger charge is 2.00. The summed E-state index contributed by atoms with van der Waals surface area (Å²) >= 11 is 0. The Morgan fingerprint density at radius 3 is 2.26 bits per heavy atom. The van der Waals surface area contributed by atoms with Gasteiger partial charge >= 0.3 is 0 Å². The zero-order valence-electron chi connectivity index (χ0n) is 11.7. The van der Waals surface area contributed by atoms with Crippen LogP contribution in [0.1, 0.15) is 23.9 Å². The van der Waals surface area contributed by atoms with Crippen molar-refractivity contribution in [2.45, 2.75) is 26.8 Å². The van der Waals surface area contributed by atoms with Crippen LogP contribution in [0.2, 0.25) is 0 Å². The van der Waals surface area contributed by atoms with Gasteiger partial charge in [0.1, 0.15) is 17.5 Å². The summed E-state index contributed by atoms with van der Waals surface area (Å²) in [5, 5.41) is 6.35. The van der Waals surface area contributed by atoms with Crippen LogP contribution in [-0.2, 0) is 13.0 Å². The summed E-state index contributed by atoms with van der Waals surface area (Å²) in [7, 11) is 1.86. The fraction of sp³-hybridized carbons (Fsp3) is 0.333. The molecule has 1 aromatic carbocycles. The Bertz CT molecular complexity index is 534. The predicted molar refractivity (Wildman–Crippen MR) is 79.5 cm³/mol. The number of nitrogens with one attached hydrogen (secondary N) is 2. The fourth-order valence-electron chi connectivity index (χ4n) is 1.87. The second-order valence-electron chi connectivity index (χ2n) is 4.46. The molecule has 2 aromatic rings. The Labute approximate surface area is 114 Å². The van der Waals surface area contributed by atoms with E-state index in [1.165, 1.54) is 11.1 Å². The number of hydrogen-bond donors (Lipinski definition) is 2. The first-order chi connectivity index (χ1) is 9.21. The molecule has 0 aliphatic heterocycles. The maximum atomic E-state index is 4.37. The molecule has 1 heterocycles. The highest BCUT2D eigenvalue weighted by atomic mass is 15.1. The number of nitrogens with zero attached hydrogens (tertiary/aromatic N) is 2. The number of anilines is 2. The molecule has 0 saturated heterocycles. The molecule has 0 spiro atoms. The molecule has 0 aliphatic rings. The van der Waals surface area contributed by atoms with Gasteiger partial charge in [-0.2, -0.15) is 0 Å². The van der Waals surface area contributed by atoms with Crippen molar-refractivity contribution in [2.24, 2.45) is 0 Å². The van der Waals surface area contributed by atoms with E-state index < -0.39 is 0 Å². The maximum Gasteiger partial charge on any atom is 0.132 e. The lowest BCUT2D eigenvalue weighted by molar-refractivity contribution is 1.02. The van der Waals surface area contributed by atoms with Gasteiger partial charge in [0.15, 0.2) is 0 Å². The first kappa shape index (κ1) is 13.3. The normalized spacial score (nSPS) is 10.3. The molecule has 0 saturated carbocycles. The molecule has 0 unspecified atom stereocenters. The van der Waals surface area contributed by atoms with Crippen LogP contribution < -0.4 is 10.6 Å². The summed E-state index contributed by atoms with van der Waals surface area (Å²) in [6.45, 7) is 4.82. The van der Waals surface area contributed by atoms with Crippen LogP contribution in [0.15, 0.2) is 30.3 Å². The topological polar surface area (TPSA) is 49.8 Å². The summed E-state index contributed by atoms with van der Waals surface area (Å²) in [4.78, 5) is 8.64. The van der Waals surface area contributed by atoms with Crippen molar-refractivity contribution in [1.82, 2.24) is 9.97 Å². The summed E-state index contributed by atoms with van der Waals surface area (Å²) in [6.07, 6.45) is 1.07. The lowest BCUT2D eigenvalue weighted by Crippen LogP contribution is -2.05. The minimum absolute atomic E-state index is 0.760. The van der Waals surface area contributed by atoms with E-state index in [2.05, 4.69) is 51.8 Å². The van der Waals surface area contributed by atoms with E-state index in [1.54, 1.807) is 0 Å². The van der Waals surface area contributed by atoms with Gasteiger partial charge in [-0.05, 0) is 24.5 Å².